The van der Waals surface area contributed by atoms with Crippen molar-refractivity contribution in [3.8, 4) is 0 Å². The van der Waals surface area contributed by atoms with Crippen LogP contribution in [-0.4, -0.2) is 25.5 Å². The molecule has 1 saturated carbocycles. The molecule has 1 amide bonds. The highest BCUT2D eigenvalue weighted by atomic mass is 35.5. The van der Waals surface area contributed by atoms with Crippen LogP contribution in [0.2, 0.25) is 0 Å². The monoisotopic (exact) mass is 412 g/mol. The third-order valence-electron chi connectivity index (χ3n) is 7.33. The van der Waals surface area contributed by atoms with Crippen LogP contribution in [0.3, 0.4) is 0 Å². The van der Waals surface area contributed by atoms with Crippen molar-refractivity contribution in [1.29, 1.82) is 0 Å². The van der Waals surface area contributed by atoms with Gasteiger partial charge in [0.05, 0.1) is 12.5 Å². The second-order valence-corrected chi connectivity index (χ2v) is 8.61. The molecule has 0 spiro atoms. The maximum atomic E-state index is 12.8. The van der Waals surface area contributed by atoms with Crippen molar-refractivity contribution in [2.45, 2.75) is 50.0 Å². The van der Waals surface area contributed by atoms with Gasteiger partial charge in [-0.25, -0.2) is 0 Å². The molecular weight excluding hydrogens is 384 g/mol. The Morgan fingerprint density at radius 1 is 1.28 bits per heavy atom. The number of halogens is 1. The van der Waals surface area contributed by atoms with Gasteiger partial charge < -0.3 is 14.6 Å². The summed E-state index contributed by atoms with van der Waals surface area (Å²) in [5.41, 5.74) is 5.18. The lowest BCUT2D eigenvalue weighted by Crippen LogP contribution is -2.59. The molecule has 2 heterocycles. The minimum absolute atomic E-state index is 0. The van der Waals surface area contributed by atoms with E-state index in [1.54, 1.807) is 18.6 Å². The van der Waals surface area contributed by atoms with E-state index in [1.807, 2.05) is 24.1 Å². The first-order valence-electron chi connectivity index (χ1n) is 10.5. The zero-order valence-electron chi connectivity index (χ0n) is 16.9. The van der Waals surface area contributed by atoms with E-state index in [0.29, 0.717) is 11.5 Å². The number of carbonyl (C=O) groups is 1. The molecule has 1 aromatic heterocycles. The number of benzene rings is 1. The van der Waals surface area contributed by atoms with Gasteiger partial charge in [-0.2, -0.15) is 0 Å². The summed E-state index contributed by atoms with van der Waals surface area (Å²) in [5, 5.41) is 3.80. The Balaban J connectivity index is 0.00000205. The van der Waals surface area contributed by atoms with Crippen molar-refractivity contribution >= 4 is 30.1 Å². The van der Waals surface area contributed by atoms with E-state index in [4.69, 9.17) is 4.42 Å². The number of hydrogen-bond donors (Lipinski definition) is 1. The molecule has 5 heteroatoms. The first kappa shape index (κ1) is 20.2. The number of piperidine rings is 1. The number of nitrogens with zero attached hydrogens (tertiary/aromatic N) is 1. The number of furan rings is 1. The Bertz CT molecular complexity index is 904. The van der Waals surface area contributed by atoms with E-state index in [1.165, 1.54) is 43.2 Å². The lowest BCUT2D eigenvalue weighted by molar-refractivity contribution is -0.113. The summed E-state index contributed by atoms with van der Waals surface area (Å²) in [7, 11) is 1.89. The van der Waals surface area contributed by atoms with Gasteiger partial charge in [-0.05, 0) is 67.5 Å². The predicted octanol–water partition coefficient (Wildman–Crippen LogP) is 4.72. The zero-order valence-corrected chi connectivity index (χ0v) is 17.7. The van der Waals surface area contributed by atoms with Gasteiger partial charge in [0.15, 0.2) is 0 Å². The average molecular weight is 413 g/mol. The van der Waals surface area contributed by atoms with Gasteiger partial charge in [0, 0.05) is 35.8 Å². The highest BCUT2D eigenvalue weighted by molar-refractivity contribution is 6.04. The Hall–Kier alpha value is -2.04. The standard InChI is InChI=1S/C24H28N2O2.ClH/c1-26(23(27)9-8-17-10-14-28-16-17)22-7-4-6-19-18(22)15-21-20-5-2-3-11-24(19,20)12-13-25-21;/h4,6-10,14,16,20-21,25H,2-3,5,11-13,15H2,1H3;1H/b9-8+;/t20-,21+,24-;/m0./s1. The number of rotatable bonds is 3. The molecule has 2 bridgehead atoms. The molecule has 154 valence electrons. The fraction of sp³-hybridized carbons (Fsp3) is 0.458. The molecule has 0 radical (unpaired) electrons. The number of amides is 1. The Morgan fingerprint density at radius 3 is 3.00 bits per heavy atom. The summed E-state index contributed by atoms with van der Waals surface area (Å²) >= 11 is 0. The van der Waals surface area contributed by atoms with Gasteiger partial charge in [-0.15, -0.1) is 12.4 Å². The fourth-order valence-electron chi connectivity index (χ4n) is 6.03. The van der Waals surface area contributed by atoms with Crippen molar-refractivity contribution in [3.63, 3.8) is 0 Å². The fourth-order valence-corrected chi connectivity index (χ4v) is 6.03. The highest BCUT2D eigenvalue weighted by Crippen LogP contribution is 2.55. The van der Waals surface area contributed by atoms with Crippen molar-refractivity contribution in [3.05, 3.63) is 59.6 Å². The molecular formula is C24H29ClN2O2. The molecule has 1 N–H and O–H groups in total. The van der Waals surface area contributed by atoms with E-state index in [9.17, 15) is 4.79 Å². The van der Waals surface area contributed by atoms with Crippen molar-refractivity contribution in [2.24, 2.45) is 5.92 Å². The second-order valence-electron chi connectivity index (χ2n) is 8.61. The average Bonchev–Trinajstić information content (AvgIpc) is 3.25. The zero-order chi connectivity index (χ0) is 19.1. The van der Waals surface area contributed by atoms with Gasteiger partial charge in [-0.3, -0.25) is 4.79 Å². The van der Waals surface area contributed by atoms with Gasteiger partial charge in [-0.1, -0.05) is 25.0 Å². The summed E-state index contributed by atoms with van der Waals surface area (Å²) in [6.45, 7) is 1.12. The molecule has 4 nitrogen and oxygen atoms in total. The quantitative estimate of drug-likeness (QED) is 0.741. The van der Waals surface area contributed by atoms with Crippen LogP contribution in [0.25, 0.3) is 6.08 Å². The second kappa shape index (κ2) is 8.00. The Morgan fingerprint density at radius 2 is 2.17 bits per heavy atom. The molecule has 29 heavy (non-hydrogen) atoms. The highest BCUT2D eigenvalue weighted by Gasteiger charge is 2.51. The number of nitrogens with one attached hydrogen (secondary N) is 1. The topological polar surface area (TPSA) is 45.5 Å². The van der Waals surface area contributed by atoms with E-state index in [0.717, 1.165) is 30.1 Å². The van der Waals surface area contributed by atoms with Crippen molar-refractivity contribution < 1.29 is 9.21 Å². The summed E-state index contributed by atoms with van der Waals surface area (Å²) < 4.78 is 5.08. The molecule has 2 aliphatic carbocycles. The minimum Gasteiger partial charge on any atom is -0.472 e. The van der Waals surface area contributed by atoms with Crippen molar-refractivity contribution in [1.82, 2.24) is 5.32 Å². The van der Waals surface area contributed by atoms with Gasteiger partial charge in [0.25, 0.3) is 5.91 Å². The predicted molar refractivity (Wildman–Crippen MR) is 119 cm³/mol. The van der Waals surface area contributed by atoms with E-state index in [2.05, 4.69) is 23.5 Å². The Labute approximate surface area is 178 Å². The lowest BCUT2D eigenvalue weighted by Gasteiger charge is -2.56. The molecule has 2 aromatic rings. The number of likely N-dealkylation sites (N-methyl/N-ethyl adjacent to an activating group) is 1. The normalized spacial score (nSPS) is 27.6. The molecule has 3 aliphatic rings. The maximum absolute atomic E-state index is 12.8. The summed E-state index contributed by atoms with van der Waals surface area (Å²) in [6.07, 6.45) is 14.3. The maximum Gasteiger partial charge on any atom is 0.250 e. The first-order valence-corrected chi connectivity index (χ1v) is 10.5. The van der Waals surface area contributed by atoms with Gasteiger partial charge in [0.2, 0.25) is 0 Å². The summed E-state index contributed by atoms with van der Waals surface area (Å²) in [6, 6.07) is 9.01. The third kappa shape index (κ3) is 3.32. The SMILES string of the molecule is CN(C(=O)/C=C/c1ccoc1)c1cccc2c1C[C@H]1NCC[C@@]23CCCC[C@@H]13.Cl. The van der Waals surface area contributed by atoms with E-state index < -0.39 is 0 Å². The van der Waals surface area contributed by atoms with Crippen LogP contribution in [0, 0.1) is 5.92 Å². The largest absolute Gasteiger partial charge is 0.472 e. The van der Waals surface area contributed by atoms with Crippen LogP contribution in [0.5, 0.6) is 0 Å². The van der Waals surface area contributed by atoms with Crippen LogP contribution in [-0.2, 0) is 16.6 Å². The minimum atomic E-state index is -0.00372. The van der Waals surface area contributed by atoms with E-state index in [-0.39, 0.29) is 18.3 Å². The smallest absolute Gasteiger partial charge is 0.250 e. The molecule has 1 saturated heterocycles. The van der Waals surface area contributed by atoms with Crippen LogP contribution in [0.4, 0.5) is 5.69 Å². The molecule has 5 rings (SSSR count). The number of carbonyl (C=O) groups excluding carboxylic acids is 1. The molecule has 2 fully saturated rings. The van der Waals surface area contributed by atoms with Crippen LogP contribution in [0.15, 0.2) is 47.3 Å². The van der Waals surface area contributed by atoms with Crippen molar-refractivity contribution in [2.75, 3.05) is 18.5 Å². The lowest BCUT2D eigenvalue weighted by atomic mass is 9.52. The number of anilines is 1. The molecule has 1 aromatic carbocycles. The van der Waals surface area contributed by atoms with E-state index >= 15 is 0 Å². The number of hydrogen-bond acceptors (Lipinski definition) is 3. The first-order chi connectivity index (χ1) is 13.7. The van der Waals surface area contributed by atoms with Crippen LogP contribution in [0.1, 0.15) is 48.8 Å². The van der Waals surface area contributed by atoms with Crippen LogP contribution >= 0.6 is 12.4 Å². The van der Waals surface area contributed by atoms with Gasteiger partial charge in [0.1, 0.15) is 0 Å². The Kier molecular flexibility index (Phi) is 5.58. The summed E-state index contributed by atoms with van der Waals surface area (Å²) in [4.78, 5) is 14.7. The van der Waals surface area contributed by atoms with Crippen LogP contribution < -0.4 is 10.2 Å². The summed E-state index contributed by atoms with van der Waals surface area (Å²) in [5.74, 6) is 0.746. The molecule has 3 atom stereocenters. The number of fused-ring (bicyclic) bond motifs is 1. The molecule has 0 unspecified atom stereocenters. The molecule has 1 aliphatic heterocycles. The third-order valence-corrected chi connectivity index (χ3v) is 7.33. The van der Waals surface area contributed by atoms with Gasteiger partial charge >= 0.3 is 0 Å².